The highest BCUT2D eigenvalue weighted by Gasteiger charge is 2.49. The largest absolute Gasteiger partial charge is 0.451 e. The van der Waals surface area contributed by atoms with Crippen LogP contribution in [0, 0.1) is 6.92 Å². The molecule has 1 fully saturated rings. The molecule has 0 aliphatic carbocycles. The van der Waals surface area contributed by atoms with Crippen LogP contribution in [-0.2, 0) is 23.9 Å². The summed E-state index contributed by atoms with van der Waals surface area (Å²) in [5, 5.41) is 5.32. The lowest BCUT2D eigenvalue weighted by Gasteiger charge is -2.32. The molecular formula is C24H31N3O7S. The van der Waals surface area contributed by atoms with E-state index < -0.39 is 40.6 Å². The van der Waals surface area contributed by atoms with Gasteiger partial charge >= 0.3 is 11.9 Å². The molecule has 3 amide bonds. The first-order chi connectivity index (χ1) is 16.4. The van der Waals surface area contributed by atoms with Crippen molar-refractivity contribution in [2.45, 2.75) is 51.5 Å². The number of benzene rings is 1. The summed E-state index contributed by atoms with van der Waals surface area (Å²) in [6.07, 6.45) is 0.201. The van der Waals surface area contributed by atoms with Gasteiger partial charge in [0.2, 0.25) is 5.91 Å². The van der Waals surface area contributed by atoms with E-state index in [2.05, 4.69) is 17.2 Å². The fraction of sp³-hybridized carbons (Fsp3) is 0.458. The number of carbonyl (C=O) groups is 5. The summed E-state index contributed by atoms with van der Waals surface area (Å²) < 4.78 is 9.75. The van der Waals surface area contributed by atoms with Crippen molar-refractivity contribution in [3.63, 3.8) is 0 Å². The fourth-order valence-electron chi connectivity index (χ4n) is 3.65. The number of nitrogens with zero attached hydrogens (tertiary/aromatic N) is 1. The lowest BCUT2D eigenvalue weighted by Crippen LogP contribution is -2.57. The van der Waals surface area contributed by atoms with Crippen LogP contribution in [0.5, 0.6) is 5.75 Å². The minimum atomic E-state index is -1.34. The van der Waals surface area contributed by atoms with Gasteiger partial charge in [0.15, 0.2) is 6.10 Å². The van der Waals surface area contributed by atoms with Crippen LogP contribution in [-0.4, -0.2) is 70.4 Å². The van der Waals surface area contributed by atoms with Gasteiger partial charge in [-0.25, -0.2) is 0 Å². The van der Waals surface area contributed by atoms with E-state index in [9.17, 15) is 24.0 Å². The number of nitrogens with one attached hydrogen (secondary N) is 2. The van der Waals surface area contributed by atoms with E-state index in [4.69, 9.17) is 9.47 Å². The predicted molar refractivity (Wildman–Crippen MR) is 131 cm³/mol. The Bertz CT molecular complexity index is 1020. The van der Waals surface area contributed by atoms with Gasteiger partial charge in [0, 0.05) is 36.3 Å². The molecule has 35 heavy (non-hydrogen) atoms. The minimum Gasteiger partial charge on any atom is -0.451 e. The van der Waals surface area contributed by atoms with E-state index in [0.29, 0.717) is 5.56 Å². The van der Waals surface area contributed by atoms with Crippen LogP contribution in [0.4, 0.5) is 0 Å². The predicted octanol–water partition coefficient (Wildman–Crippen LogP) is 1.56. The highest BCUT2D eigenvalue weighted by Crippen LogP contribution is 2.39. The molecular weight excluding hydrogens is 474 g/mol. The Labute approximate surface area is 208 Å². The number of ether oxygens (including phenoxy) is 2. The molecule has 11 heteroatoms. The molecule has 2 rings (SSSR count). The van der Waals surface area contributed by atoms with Crippen molar-refractivity contribution < 1.29 is 33.4 Å². The Hall–Kier alpha value is -3.34. The van der Waals surface area contributed by atoms with Gasteiger partial charge < -0.3 is 25.0 Å². The van der Waals surface area contributed by atoms with E-state index in [1.54, 1.807) is 25.1 Å². The number of rotatable bonds is 9. The van der Waals surface area contributed by atoms with Gasteiger partial charge in [-0.05, 0) is 32.9 Å². The topological polar surface area (TPSA) is 131 Å². The van der Waals surface area contributed by atoms with Crippen molar-refractivity contribution in [3.8, 4) is 5.75 Å². The second-order valence-electron chi connectivity index (χ2n) is 8.45. The number of amides is 3. The molecule has 0 aromatic heterocycles. The molecule has 1 aromatic carbocycles. The molecule has 10 nitrogen and oxygen atoms in total. The SMILES string of the molecule is C=CCNC(=O)C1N(C(=O)C(CNC(=O)c2cccc(OC(C)=O)c2C)OC(C)=O)CSC1(C)C. The van der Waals surface area contributed by atoms with Crippen LogP contribution in [0.1, 0.15) is 43.6 Å². The van der Waals surface area contributed by atoms with Crippen molar-refractivity contribution in [2.75, 3.05) is 19.0 Å². The quantitative estimate of drug-likeness (QED) is 0.294. The highest BCUT2D eigenvalue weighted by atomic mass is 32.2. The van der Waals surface area contributed by atoms with E-state index >= 15 is 0 Å². The van der Waals surface area contributed by atoms with Crippen molar-refractivity contribution in [1.82, 2.24) is 15.5 Å². The number of hydrogen-bond acceptors (Lipinski definition) is 8. The van der Waals surface area contributed by atoms with Gasteiger partial charge in [-0.15, -0.1) is 18.3 Å². The first kappa shape index (κ1) is 27.9. The summed E-state index contributed by atoms with van der Waals surface area (Å²) in [6, 6.07) is 3.85. The third-order valence-electron chi connectivity index (χ3n) is 5.31. The molecule has 2 N–H and O–H groups in total. The molecule has 1 heterocycles. The van der Waals surface area contributed by atoms with Gasteiger partial charge in [0.05, 0.1) is 12.4 Å². The number of esters is 2. The molecule has 0 radical (unpaired) electrons. The fourth-order valence-corrected chi connectivity index (χ4v) is 4.79. The first-order valence-corrected chi connectivity index (χ1v) is 11.9. The Balaban J connectivity index is 2.21. The molecule has 1 aromatic rings. The van der Waals surface area contributed by atoms with E-state index in [1.807, 2.05) is 13.8 Å². The maximum Gasteiger partial charge on any atom is 0.308 e. The number of hydrogen-bond donors (Lipinski definition) is 2. The zero-order valence-electron chi connectivity index (χ0n) is 20.5. The summed E-state index contributed by atoms with van der Waals surface area (Å²) in [5.74, 6) is -2.26. The van der Waals surface area contributed by atoms with Crippen LogP contribution in [0.15, 0.2) is 30.9 Å². The van der Waals surface area contributed by atoms with Crippen molar-refractivity contribution in [3.05, 3.63) is 42.0 Å². The van der Waals surface area contributed by atoms with E-state index in [0.717, 1.165) is 6.92 Å². The first-order valence-electron chi connectivity index (χ1n) is 11.0. The number of carbonyl (C=O) groups excluding carboxylic acids is 5. The zero-order valence-corrected chi connectivity index (χ0v) is 21.3. The summed E-state index contributed by atoms with van der Waals surface area (Å²) in [6.45, 7) is 11.3. The van der Waals surface area contributed by atoms with Crippen LogP contribution in [0.25, 0.3) is 0 Å². The Morgan fingerprint density at radius 2 is 1.89 bits per heavy atom. The van der Waals surface area contributed by atoms with Gasteiger partial charge in [0.25, 0.3) is 11.8 Å². The minimum absolute atomic E-state index is 0.216. The monoisotopic (exact) mass is 505 g/mol. The van der Waals surface area contributed by atoms with Gasteiger partial charge in [-0.2, -0.15) is 0 Å². The molecule has 2 unspecified atom stereocenters. The molecule has 1 saturated heterocycles. The molecule has 1 aliphatic rings. The van der Waals surface area contributed by atoms with Crippen LogP contribution < -0.4 is 15.4 Å². The van der Waals surface area contributed by atoms with Crippen molar-refractivity contribution in [2.24, 2.45) is 0 Å². The summed E-state index contributed by atoms with van der Waals surface area (Å²) in [5.41, 5.74) is 0.671. The smallest absolute Gasteiger partial charge is 0.308 e. The zero-order chi connectivity index (χ0) is 26.3. The van der Waals surface area contributed by atoms with Crippen molar-refractivity contribution in [1.29, 1.82) is 0 Å². The van der Waals surface area contributed by atoms with Crippen LogP contribution in [0.3, 0.4) is 0 Å². The molecule has 2 atom stereocenters. The number of thioether (sulfide) groups is 1. The van der Waals surface area contributed by atoms with E-state index in [1.165, 1.54) is 29.7 Å². The van der Waals surface area contributed by atoms with Crippen molar-refractivity contribution >= 4 is 41.4 Å². The van der Waals surface area contributed by atoms with Gasteiger partial charge in [0.1, 0.15) is 11.8 Å². The lowest BCUT2D eigenvalue weighted by molar-refractivity contribution is -0.159. The second kappa shape index (κ2) is 11.9. The molecule has 1 aliphatic heterocycles. The maximum absolute atomic E-state index is 13.4. The van der Waals surface area contributed by atoms with Gasteiger partial charge in [-0.1, -0.05) is 12.1 Å². The molecule has 0 bridgehead atoms. The van der Waals surface area contributed by atoms with Crippen LogP contribution >= 0.6 is 11.8 Å². The molecule has 0 spiro atoms. The Morgan fingerprint density at radius 1 is 1.20 bits per heavy atom. The van der Waals surface area contributed by atoms with Crippen LogP contribution in [0.2, 0.25) is 0 Å². The highest BCUT2D eigenvalue weighted by molar-refractivity contribution is 8.00. The molecule has 190 valence electrons. The Morgan fingerprint density at radius 3 is 2.49 bits per heavy atom. The lowest BCUT2D eigenvalue weighted by atomic mass is 10.0. The molecule has 0 saturated carbocycles. The average Bonchev–Trinajstić information content (AvgIpc) is 3.10. The third-order valence-corrected chi connectivity index (χ3v) is 6.69. The summed E-state index contributed by atoms with van der Waals surface area (Å²) >= 11 is 1.42. The van der Waals surface area contributed by atoms with E-state index in [-0.39, 0.29) is 36.2 Å². The van der Waals surface area contributed by atoms with Gasteiger partial charge in [-0.3, -0.25) is 24.0 Å². The standard InChI is InChI=1S/C24H31N3O7S/c1-7-11-25-22(31)20-24(5,6)35-13-27(20)23(32)19(34-16(4)29)12-26-21(30)17-9-8-10-18(14(17)2)33-15(3)28/h7-10,19-20H,1,11-13H2,2-6H3,(H,25,31)(H,26,30). The summed E-state index contributed by atoms with van der Waals surface area (Å²) in [7, 11) is 0. The normalized spacial score (nSPS) is 17.2. The summed E-state index contributed by atoms with van der Waals surface area (Å²) in [4.78, 5) is 63.4. The second-order valence-corrected chi connectivity index (χ2v) is 10.1. The third kappa shape index (κ3) is 7.08. The Kier molecular flexibility index (Phi) is 9.47. The maximum atomic E-state index is 13.4. The average molecular weight is 506 g/mol.